The Bertz CT molecular complexity index is 1100. The van der Waals surface area contributed by atoms with Gasteiger partial charge in [-0.25, -0.2) is 13.2 Å². The van der Waals surface area contributed by atoms with Crippen molar-refractivity contribution in [3.05, 3.63) is 58.6 Å². The number of carbonyl (C=O) groups is 2. The zero-order valence-corrected chi connectivity index (χ0v) is 19.5. The van der Waals surface area contributed by atoms with Crippen molar-refractivity contribution in [3.63, 3.8) is 0 Å². The summed E-state index contributed by atoms with van der Waals surface area (Å²) in [7, 11) is -3.90. The minimum atomic E-state index is -3.90. The van der Waals surface area contributed by atoms with Gasteiger partial charge in [-0.05, 0) is 62.6 Å². The average Bonchev–Trinajstić information content (AvgIpc) is 2.74. The van der Waals surface area contributed by atoms with Gasteiger partial charge in [0.1, 0.15) is 0 Å². The standard InChI is InChI=1S/C22H26ClN3O5S/c1-3-31-22(28)26-11-9-16(10-12-26)24-21(27)19-14-18(7-8-20(19)23)32(29,30)25-17-6-4-5-15(2)13-17/h4-8,13-14,16,25H,3,9-12H2,1-2H3,(H,24,27). The van der Waals surface area contributed by atoms with Crippen LogP contribution in [0.1, 0.15) is 35.7 Å². The third kappa shape index (κ3) is 5.92. The maximum absolute atomic E-state index is 12.8. The lowest BCUT2D eigenvalue weighted by molar-refractivity contribution is 0.0860. The van der Waals surface area contributed by atoms with E-state index >= 15 is 0 Å². The fourth-order valence-corrected chi connectivity index (χ4v) is 4.73. The molecule has 0 spiro atoms. The molecule has 0 saturated carbocycles. The maximum atomic E-state index is 12.8. The van der Waals surface area contributed by atoms with Gasteiger partial charge in [0.2, 0.25) is 0 Å². The highest BCUT2D eigenvalue weighted by Crippen LogP contribution is 2.23. The van der Waals surface area contributed by atoms with Gasteiger partial charge < -0.3 is 15.0 Å². The Hall–Kier alpha value is -2.78. The van der Waals surface area contributed by atoms with E-state index in [1.807, 2.05) is 13.0 Å². The number of nitrogens with one attached hydrogen (secondary N) is 2. The number of benzene rings is 2. The molecule has 1 saturated heterocycles. The highest BCUT2D eigenvalue weighted by Gasteiger charge is 2.26. The number of halogens is 1. The molecule has 1 fully saturated rings. The third-order valence-corrected chi connectivity index (χ3v) is 6.83. The molecule has 1 heterocycles. The van der Waals surface area contributed by atoms with Crippen LogP contribution in [0.25, 0.3) is 0 Å². The van der Waals surface area contributed by atoms with E-state index in [0.29, 0.717) is 38.2 Å². The van der Waals surface area contributed by atoms with Crippen LogP contribution < -0.4 is 10.0 Å². The number of ether oxygens (including phenoxy) is 1. The van der Waals surface area contributed by atoms with Gasteiger partial charge in [0, 0.05) is 24.8 Å². The lowest BCUT2D eigenvalue weighted by atomic mass is 10.0. The van der Waals surface area contributed by atoms with Crippen LogP contribution in [0.15, 0.2) is 47.4 Å². The van der Waals surface area contributed by atoms with Gasteiger partial charge in [0.05, 0.1) is 22.1 Å². The normalized spacial score (nSPS) is 14.7. The molecular formula is C22H26ClN3O5S. The fourth-order valence-electron chi connectivity index (χ4n) is 3.45. The Morgan fingerprint density at radius 3 is 2.53 bits per heavy atom. The van der Waals surface area contributed by atoms with Crippen LogP contribution in [0.4, 0.5) is 10.5 Å². The second-order valence-electron chi connectivity index (χ2n) is 7.55. The van der Waals surface area contributed by atoms with E-state index in [0.717, 1.165) is 5.56 Å². The monoisotopic (exact) mass is 479 g/mol. The molecule has 0 bridgehead atoms. The van der Waals surface area contributed by atoms with Gasteiger partial charge in [0.15, 0.2) is 0 Å². The van der Waals surface area contributed by atoms with Crippen molar-refractivity contribution in [1.82, 2.24) is 10.2 Å². The van der Waals surface area contributed by atoms with Crippen LogP contribution in [-0.4, -0.2) is 51.1 Å². The molecule has 0 aliphatic carbocycles. The van der Waals surface area contributed by atoms with Crippen molar-refractivity contribution in [2.75, 3.05) is 24.4 Å². The van der Waals surface area contributed by atoms with E-state index in [9.17, 15) is 18.0 Å². The van der Waals surface area contributed by atoms with Crippen molar-refractivity contribution in [1.29, 1.82) is 0 Å². The molecule has 8 nitrogen and oxygen atoms in total. The van der Waals surface area contributed by atoms with E-state index in [1.54, 1.807) is 30.0 Å². The van der Waals surface area contributed by atoms with Crippen LogP contribution in [0.2, 0.25) is 5.02 Å². The topological polar surface area (TPSA) is 105 Å². The van der Waals surface area contributed by atoms with Gasteiger partial charge in [-0.1, -0.05) is 23.7 Å². The van der Waals surface area contributed by atoms with Crippen molar-refractivity contribution >= 4 is 39.3 Å². The number of hydrogen-bond donors (Lipinski definition) is 2. The molecule has 2 amide bonds. The van der Waals surface area contributed by atoms with E-state index < -0.39 is 15.9 Å². The Morgan fingerprint density at radius 2 is 1.88 bits per heavy atom. The van der Waals surface area contributed by atoms with Crippen LogP contribution in [0.3, 0.4) is 0 Å². The van der Waals surface area contributed by atoms with Crippen molar-refractivity contribution in [2.45, 2.75) is 37.6 Å². The van der Waals surface area contributed by atoms with Gasteiger partial charge in [-0.2, -0.15) is 0 Å². The lowest BCUT2D eigenvalue weighted by Gasteiger charge is -2.31. The Morgan fingerprint density at radius 1 is 1.16 bits per heavy atom. The number of aryl methyl sites for hydroxylation is 1. The Kier molecular flexibility index (Phi) is 7.63. The molecule has 2 aromatic carbocycles. The summed E-state index contributed by atoms with van der Waals surface area (Å²) < 4.78 is 33.1. The quantitative estimate of drug-likeness (QED) is 0.655. The van der Waals surface area contributed by atoms with Gasteiger partial charge in [-0.15, -0.1) is 0 Å². The first-order chi connectivity index (χ1) is 15.2. The van der Waals surface area contributed by atoms with Crippen LogP contribution in [0.5, 0.6) is 0 Å². The summed E-state index contributed by atoms with van der Waals surface area (Å²) >= 11 is 6.19. The first kappa shape index (κ1) is 23.9. The molecule has 0 unspecified atom stereocenters. The summed E-state index contributed by atoms with van der Waals surface area (Å²) in [6, 6.07) is 10.8. The van der Waals surface area contributed by atoms with E-state index in [-0.39, 0.29) is 27.6 Å². The second kappa shape index (κ2) is 10.2. The molecule has 0 radical (unpaired) electrons. The van der Waals surface area contributed by atoms with Crippen LogP contribution in [-0.2, 0) is 14.8 Å². The molecule has 172 valence electrons. The summed E-state index contributed by atoms with van der Waals surface area (Å²) in [6.07, 6.45) is 0.767. The zero-order valence-electron chi connectivity index (χ0n) is 17.9. The second-order valence-corrected chi connectivity index (χ2v) is 9.64. The summed E-state index contributed by atoms with van der Waals surface area (Å²) in [6.45, 7) is 4.85. The molecule has 0 aromatic heterocycles. The minimum absolute atomic E-state index is 0.0642. The van der Waals surface area contributed by atoms with Gasteiger partial charge in [-0.3, -0.25) is 9.52 Å². The first-order valence-electron chi connectivity index (χ1n) is 10.3. The number of piperidine rings is 1. The lowest BCUT2D eigenvalue weighted by Crippen LogP contribution is -2.46. The average molecular weight is 480 g/mol. The first-order valence-corrected chi connectivity index (χ1v) is 12.2. The molecule has 3 rings (SSSR count). The highest BCUT2D eigenvalue weighted by molar-refractivity contribution is 7.92. The fraction of sp³-hybridized carbons (Fsp3) is 0.364. The predicted octanol–water partition coefficient (Wildman–Crippen LogP) is 3.80. The van der Waals surface area contributed by atoms with Crippen molar-refractivity contribution in [3.8, 4) is 0 Å². The van der Waals surface area contributed by atoms with Crippen molar-refractivity contribution in [2.24, 2.45) is 0 Å². The number of rotatable bonds is 6. The SMILES string of the molecule is CCOC(=O)N1CCC(NC(=O)c2cc(S(=O)(=O)Nc3cccc(C)c3)ccc2Cl)CC1. The summed E-state index contributed by atoms with van der Waals surface area (Å²) in [5.41, 5.74) is 1.42. The molecular weight excluding hydrogens is 454 g/mol. The largest absolute Gasteiger partial charge is 0.450 e. The zero-order chi connectivity index (χ0) is 23.3. The van der Waals surface area contributed by atoms with E-state index in [1.165, 1.54) is 18.2 Å². The number of carbonyl (C=O) groups excluding carboxylic acids is 2. The third-order valence-electron chi connectivity index (χ3n) is 5.12. The molecule has 2 aromatic rings. The highest BCUT2D eigenvalue weighted by atomic mass is 35.5. The van der Waals surface area contributed by atoms with Crippen LogP contribution in [0, 0.1) is 6.92 Å². The Balaban J connectivity index is 1.69. The Labute approximate surface area is 192 Å². The molecule has 32 heavy (non-hydrogen) atoms. The molecule has 1 aliphatic rings. The summed E-state index contributed by atoms with van der Waals surface area (Å²) in [5.74, 6) is -0.461. The molecule has 1 aliphatic heterocycles. The molecule has 2 N–H and O–H groups in total. The molecule has 0 atom stereocenters. The summed E-state index contributed by atoms with van der Waals surface area (Å²) in [5, 5.41) is 3.04. The number of likely N-dealkylation sites (tertiary alicyclic amines) is 1. The number of nitrogens with zero attached hydrogens (tertiary/aromatic N) is 1. The number of hydrogen-bond acceptors (Lipinski definition) is 5. The smallest absolute Gasteiger partial charge is 0.409 e. The minimum Gasteiger partial charge on any atom is -0.450 e. The van der Waals surface area contributed by atoms with Crippen molar-refractivity contribution < 1.29 is 22.7 Å². The molecule has 10 heteroatoms. The maximum Gasteiger partial charge on any atom is 0.409 e. The number of anilines is 1. The van der Waals surface area contributed by atoms with Gasteiger partial charge >= 0.3 is 6.09 Å². The number of amides is 2. The van der Waals surface area contributed by atoms with E-state index in [4.69, 9.17) is 16.3 Å². The van der Waals surface area contributed by atoms with E-state index in [2.05, 4.69) is 10.0 Å². The summed E-state index contributed by atoms with van der Waals surface area (Å²) in [4.78, 5) is 26.2. The number of sulfonamides is 1. The van der Waals surface area contributed by atoms with Crippen LogP contribution >= 0.6 is 11.6 Å². The van der Waals surface area contributed by atoms with Gasteiger partial charge in [0.25, 0.3) is 15.9 Å². The predicted molar refractivity (Wildman–Crippen MR) is 123 cm³/mol.